The van der Waals surface area contributed by atoms with E-state index in [0.717, 1.165) is 0 Å². The Bertz CT molecular complexity index is 595. The van der Waals surface area contributed by atoms with E-state index in [2.05, 4.69) is 10.6 Å². The van der Waals surface area contributed by atoms with Crippen LogP contribution >= 0.6 is 0 Å². The first kappa shape index (κ1) is 23.1. The molecule has 1 rings (SSSR count). The molecular weight excluding hydrogens is 350 g/mol. The Morgan fingerprint density at radius 3 is 2.33 bits per heavy atom. The molecule has 0 saturated carbocycles. The van der Waals surface area contributed by atoms with Crippen molar-refractivity contribution in [2.24, 2.45) is 17.1 Å². The highest BCUT2D eigenvalue weighted by molar-refractivity contribution is 5.97. The number of amides is 3. The van der Waals surface area contributed by atoms with Crippen LogP contribution in [0.4, 0.5) is 0 Å². The molecule has 27 heavy (non-hydrogen) atoms. The largest absolute Gasteiger partial charge is 0.390 e. The lowest BCUT2D eigenvalue weighted by Gasteiger charge is -2.32. The quantitative estimate of drug-likeness (QED) is 0.420. The Kier molecular flexibility index (Phi) is 7.98. The van der Waals surface area contributed by atoms with Gasteiger partial charge in [-0.1, -0.05) is 40.7 Å². The Balaban J connectivity index is 2.90. The van der Waals surface area contributed by atoms with Gasteiger partial charge in [0.05, 0.1) is 12.1 Å². The zero-order valence-corrected chi connectivity index (χ0v) is 16.8. The van der Waals surface area contributed by atoms with Gasteiger partial charge < -0.3 is 26.6 Å². The van der Waals surface area contributed by atoms with Crippen molar-refractivity contribution in [2.45, 2.75) is 78.2 Å². The van der Waals surface area contributed by atoms with Crippen molar-refractivity contribution in [3.05, 3.63) is 11.6 Å². The first-order valence-corrected chi connectivity index (χ1v) is 9.26. The lowest BCUT2D eigenvalue weighted by atomic mass is 9.88. The SMILES string of the molecule is CC(C)CC(NC(=O)C1=CC(NC(=O)CC(C)(C)C)C(O)C(O)C1)C(N)=O. The second-order valence-corrected chi connectivity index (χ2v) is 8.84. The Morgan fingerprint density at radius 1 is 1.26 bits per heavy atom. The number of carbonyl (C=O) groups excluding carboxylic acids is 3. The molecule has 0 spiro atoms. The van der Waals surface area contributed by atoms with E-state index in [4.69, 9.17) is 5.73 Å². The maximum Gasteiger partial charge on any atom is 0.247 e. The van der Waals surface area contributed by atoms with Crippen molar-refractivity contribution in [3.8, 4) is 0 Å². The average molecular weight is 383 g/mol. The molecule has 0 aromatic rings. The van der Waals surface area contributed by atoms with Crippen molar-refractivity contribution >= 4 is 17.7 Å². The van der Waals surface area contributed by atoms with E-state index < -0.39 is 36.1 Å². The number of nitrogens with two attached hydrogens (primary N) is 1. The predicted molar refractivity (Wildman–Crippen MR) is 101 cm³/mol. The monoisotopic (exact) mass is 383 g/mol. The van der Waals surface area contributed by atoms with Crippen LogP contribution < -0.4 is 16.4 Å². The van der Waals surface area contributed by atoms with Crippen molar-refractivity contribution in [1.82, 2.24) is 10.6 Å². The summed E-state index contributed by atoms with van der Waals surface area (Å²) in [7, 11) is 0. The molecule has 1 aliphatic carbocycles. The van der Waals surface area contributed by atoms with E-state index in [0.29, 0.717) is 6.42 Å². The van der Waals surface area contributed by atoms with Crippen LogP contribution in [0, 0.1) is 11.3 Å². The summed E-state index contributed by atoms with van der Waals surface area (Å²) in [4.78, 5) is 36.2. The van der Waals surface area contributed by atoms with Gasteiger partial charge in [-0.2, -0.15) is 0 Å². The standard InChI is InChI=1S/C19H33N3O5/c1-10(2)6-13(17(20)26)22-18(27)11-7-12(16(25)14(23)8-11)21-15(24)9-19(3,4)5/h7,10,12-14,16,23,25H,6,8-9H2,1-5H3,(H2,20,26)(H,21,24)(H,22,27). The van der Waals surface area contributed by atoms with E-state index in [1.165, 1.54) is 6.08 Å². The molecule has 0 fully saturated rings. The number of primary amides is 1. The first-order valence-electron chi connectivity index (χ1n) is 9.26. The smallest absolute Gasteiger partial charge is 0.247 e. The fraction of sp³-hybridized carbons (Fsp3) is 0.737. The van der Waals surface area contributed by atoms with Crippen molar-refractivity contribution < 1.29 is 24.6 Å². The summed E-state index contributed by atoms with van der Waals surface area (Å²) in [6.07, 6.45) is -0.432. The first-order chi connectivity index (χ1) is 12.3. The topological polar surface area (TPSA) is 142 Å². The summed E-state index contributed by atoms with van der Waals surface area (Å²) >= 11 is 0. The lowest BCUT2D eigenvalue weighted by Crippen LogP contribution is -2.52. The summed E-state index contributed by atoms with van der Waals surface area (Å²) in [5.41, 5.74) is 5.30. The Labute approximate surface area is 160 Å². The van der Waals surface area contributed by atoms with E-state index in [9.17, 15) is 24.6 Å². The molecule has 0 radical (unpaired) electrons. The molecule has 8 heteroatoms. The molecule has 4 atom stereocenters. The molecule has 0 aromatic heterocycles. The summed E-state index contributed by atoms with van der Waals surface area (Å²) in [5.74, 6) is -1.31. The maximum absolute atomic E-state index is 12.5. The van der Waals surface area contributed by atoms with E-state index in [1.54, 1.807) is 0 Å². The molecule has 0 bridgehead atoms. The summed E-state index contributed by atoms with van der Waals surface area (Å²) in [6, 6.07) is -1.71. The Morgan fingerprint density at radius 2 is 1.85 bits per heavy atom. The second kappa shape index (κ2) is 9.32. The van der Waals surface area contributed by atoms with Gasteiger partial charge in [0.15, 0.2) is 0 Å². The molecule has 0 aliphatic heterocycles. The van der Waals surface area contributed by atoms with Gasteiger partial charge in [0.25, 0.3) is 0 Å². The number of aliphatic hydroxyl groups is 2. The van der Waals surface area contributed by atoms with Gasteiger partial charge in [0.1, 0.15) is 12.1 Å². The molecule has 3 amide bonds. The molecule has 0 aromatic carbocycles. The molecule has 6 N–H and O–H groups in total. The molecule has 4 unspecified atom stereocenters. The van der Waals surface area contributed by atoms with E-state index >= 15 is 0 Å². The minimum Gasteiger partial charge on any atom is -0.390 e. The zero-order chi connectivity index (χ0) is 20.9. The summed E-state index contributed by atoms with van der Waals surface area (Å²) in [6.45, 7) is 9.54. The number of aliphatic hydroxyl groups excluding tert-OH is 2. The van der Waals surface area contributed by atoms with Crippen LogP contribution in [0.25, 0.3) is 0 Å². The fourth-order valence-electron chi connectivity index (χ4n) is 2.95. The van der Waals surface area contributed by atoms with Gasteiger partial charge in [-0.05, 0) is 17.8 Å². The summed E-state index contributed by atoms with van der Waals surface area (Å²) < 4.78 is 0. The van der Waals surface area contributed by atoms with E-state index in [1.807, 2.05) is 34.6 Å². The number of rotatable bonds is 7. The predicted octanol–water partition coefficient (Wildman–Crippen LogP) is -0.0245. The normalized spacial score (nSPS) is 24.1. The van der Waals surface area contributed by atoms with Gasteiger partial charge in [0.2, 0.25) is 17.7 Å². The third kappa shape index (κ3) is 7.68. The van der Waals surface area contributed by atoms with Gasteiger partial charge >= 0.3 is 0 Å². The summed E-state index contributed by atoms with van der Waals surface area (Å²) in [5, 5.41) is 25.5. The average Bonchev–Trinajstić information content (AvgIpc) is 2.48. The van der Waals surface area contributed by atoms with Gasteiger partial charge in [-0.15, -0.1) is 0 Å². The van der Waals surface area contributed by atoms with Crippen LogP contribution in [0.15, 0.2) is 11.6 Å². The molecule has 0 saturated heterocycles. The minimum absolute atomic E-state index is 0.0776. The number of carbonyl (C=O) groups is 3. The second-order valence-electron chi connectivity index (χ2n) is 8.84. The van der Waals surface area contributed by atoms with Crippen molar-refractivity contribution in [3.63, 3.8) is 0 Å². The van der Waals surface area contributed by atoms with Gasteiger partial charge in [0, 0.05) is 18.4 Å². The Hall–Kier alpha value is -1.93. The third-order valence-corrected chi connectivity index (χ3v) is 4.24. The molecule has 8 nitrogen and oxygen atoms in total. The van der Waals surface area contributed by atoms with Crippen LogP contribution in [0.3, 0.4) is 0 Å². The highest BCUT2D eigenvalue weighted by Crippen LogP contribution is 2.22. The zero-order valence-electron chi connectivity index (χ0n) is 16.8. The minimum atomic E-state index is -1.21. The van der Waals surface area contributed by atoms with Crippen molar-refractivity contribution in [1.29, 1.82) is 0 Å². The number of hydrogen-bond donors (Lipinski definition) is 5. The maximum atomic E-state index is 12.5. The molecular formula is C19H33N3O5. The number of hydrogen-bond acceptors (Lipinski definition) is 5. The van der Waals surface area contributed by atoms with Crippen molar-refractivity contribution in [2.75, 3.05) is 0 Å². The molecule has 154 valence electrons. The van der Waals surface area contributed by atoms with Crippen LogP contribution in [-0.4, -0.2) is 52.2 Å². The lowest BCUT2D eigenvalue weighted by molar-refractivity contribution is -0.126. The van der Waals surface area contributed by atoms with Crippen LogP contribution in [0.1, 0.15) is 53.9 Å². The highest BCUT2D eigenvalue weighted by Gasteiger charge is 2.35. The molecule has 1 aliphatic rings. The van der Waals surface area contributed by atoms with Crippen LogP contribution in [0.5, 0.6) is 0 Å². The van der Waals surface area contributed by atoms with Crippen LogP contribution in [-0.2, 0) is 14.4 Å². The van der Waals surface area contributed by atoms with E-state index in [-0.39, 0.29) is 35.7 Å². The van der Waals surface area contributed by atoms with Gasteiger partial charge in [-0.3, -0.25) is 14.4 Å². The fourth-order valence-corrected chi connectivity index (χ4v) is 2.95. The van der Waals surface area contributed by atoms with Gasteiger partial charge in [-0.25, -0.2) is 0 Å². The van der Waals surface area contributed by atoms with Crippen LogP contribution in [0.2, 0.25) is 0 Å². The number of nitrogens with one attached hydrogen (secondary N) is 2. The molecule has 0 heterocycles. The highest BCUT2D eigenvalue weighted by atomic mass is 16.3. The third-order valence-electron chi connectivity index (χ3n) is 4.24.